The van der Waals surface area contributed by atoms with Crippen molar-refractivity contribution < 1.29 is 27.5 Å². The predicted octanol–water partition coefficient (Wildman–Crippen LogP) is 3.34. The number of benzene rings is 3. The molecule has 1 heterocycles. The molecule has 0 aliphatic carbocycles. The van der Waals surface area contributed by atoms with Gasteiger partial charge in [0.25, 0.3) is 10.0 Å². The smallest absolute Gasteiger partial charge is 0.264 e. The van der Waals surface area contributed by atoms with Crippen molar-refractivity contribution in [3.05, 3.63) is 83.9 Å². The SMILES string of the molecule is COc1ccc(OC)c(N(CC(=O)NCc2cccc(CN3CCCC3=O)c2)S(=O)(=O)c2ccccc2)c1. The number of hydrogen-bond acceptors (Lipinski definition) is 6. The Labute approximate surface area is 223 Å². The summed E-state index contributed by atoms with van der Waals surface area (Å²) in [7, 11) is -1.21. The number of carbonyl (C=O) groups is 2. The normalized spacial score (nSPS) is 13.3. The molecule has 10 heteroatoms. The molecule has 0 atom stereocenters. The standard InChI is InChI=1S/C28H31N3O6S/c1-36-23-13-14-26(37-2)25(17-23)31(38(34,35)24-10-4-3-5-11-24)20-27(32)29-18-21-8-6-9-22(16-21)19-30-15-7-12-28(30)33/h3-6,8-11,13-14,16-17H,7,12,15,18-20H2,1-2H3,(H,29,32). The summed E-state index contributed by atoms with van der Waals surface area (Å²) in [4.78, 5) is 26.9. The van der Waals surface area contributed by atoms with Crippen LogP contribution in [0.4, 0.5) is 5.69 Å². The molecule has 9 nitrogen and oxygen atoms in total. The lowest BCUT2D eigenvalue weighted by Gasteiger charge is -2.26. The lowest BCUT2D eigenvalue weighted by Crippen LogP contribution is -2.40. The molecule has 2 amide bonds. The number of nitrogens with one attached hydrogen (secondary N) is 1. The summed E-state index contributed by atoms with van der Waals surface area (Å²) in [6.45, 7) is 1.01. The molecule has 0 bridgehead atoms. The van der Waals surface area contributed by atoms with Gasteiger partial charge in [-0.25, -0.2) is 8.42 Å². The first-order chi connectivity index (χ1) is 18.3. The molecule has 0 saturated carbocycles. The van der Waals surface area contributed by atoms with Gasteiger partial charge in [0, 0.05) is 32.1 Å². The average Bonchev–Trinajstić information content (AvgIpc) is 3.34. The highest BCUT2D eigenvalue weighted by Crippen LogP contribution is 2.35. The van der Waals surface area contributed by atoms with Crippen LogP contribution in [0.2, 0.25) is 0 Å². The molecule has 3 aromatic rings. The molecule has 1 fully saturated rings. The molecule has 3 aromatic carbocycles. The molecule has 0 spiro atoms. The Kier molecular flexibility index (Phi) is 8.52. The molecule has 1 aliphatic rings. The van der Waals surface area contributed by atoms with Gasteiger partial charge in [-0.2, -0.15) is 0 Å². The Balaban J connectivity index is 1.54. The van der Waals surface area contributed by atoms with Crippen molar-refractivity contribution in [2.45, 2.75) is 30.8 Å². The molecular formula is C28H31N3O6S. The van der Waals surface area contributed by atoms with E-state index in [1.807, 2.05) is 29.2 Å². The van der Waals surface area contributed by atoms with Gasteiger partial charge in [-0.3, -0.25) is 13.9 Å². The van der Waals surface area contributed by atoms with Gasteiger partial charge in [-0.15, -0.1) is 0 Å². The number of carbonyl (C=O) groups excluding carboxylic acids is 2. The van der Waals surface area contributed by atoms with Crippen LogP contribution in [0.3, 0.4) is 0 Å². The van der Waals surface area contributed by atoms with Crippen LogP contribution < -0.4 is 19.1 Å². The monoisotopic (exact) mass is 537 g/mol. The molecule has 0 unspecified atom stereocenters. The van der Waals surface area contributed by atoms with Crippen molar-refractivity contribution in [1.82, 2.24) is 10.2 Å². The van der Waals surface area contributed by atoms with Gasteiger partial charge in [0.2, 0.25) is 11.8 Å². The first kappa shape index (κ1) is 27.0. The third kappa shape index (κ3) is 6.25. The zero-order valence-corrected chi connectivity index (χ0v) is 22.2. The molecule has 0 aromatic heterocycles. The van der Waals surface area contributed by atoms with Gasteiger partial charge in [0.1, 0.15) is 18.0 Å². The summed E-state index contributed by atoms with van der Waals surface area (Å²) in [5, 5.41) is 2.82. The predicted molar refractivity (Wildman–Crippen MR) is 143 cm³/mol. The third-order valence-corrected chi connectivity index (χ3v) is 8.07. The number of anilines is 1. The van der Waals surface area contributed by atoms with E-state index in [9.17, 15) is 18.0 Å². The average molecular weight is 538 g/mol. The lowest BCUT2D eigenvalue weighted by molar-refractivity contribution is -0.128. The molecule has 200 valence electrons. The quantitative estimate of drug-likeness (QED) is 0.402. The molecule has 1 N–H and O–H groups in total. The van der Waals surface area contributed by atoms with E-state index in [1.54, 1.807) is 30.3 Å². The largest absolute Gasteiger partial charge is 0.497 e. The van der Waals surface area contributed by atoms with Crippen molar-refractivity contribution in [3.63, 3.8) is 0 Å². The Morgan fingerprint density at radius 2 is 1.74 bits per heavy atom. The minimum absolute atomic E-state index is 0.0434. The second-order valence-electron chi connectivity index (χ2n) is 8.88. The van der Waals surface area contributed by atoms with Gasteiger partial charge in [0.05, 0.1) is 24.8 Å². The van der Waals surface area contributed by atoms with Crippen molar-refractivity contribution in [2.24, 2.45) is 0 Å². The second-order valence-corrected chi connectivity index (χ2v) is 10.7. The van der Waals surface area contributed by atoms with Crippen molar-refractivity contribution >= 4 is 27.5 Å². The zero-order chi connectivity index (χ0) is 27.1. The van der Waals surface area contributed by atoms with Crippen molar-refractivity contribution in [3.8, 4) is 11.5 Å². The molecule has 1 aliphatic heterocycles. The topological polar surface area (TPSA) is 105 Å². The fourth-order valence-corrected chi connectivity index (χ4v) is 5.77. The number of amides is 2. The van der Waals surface area contributed by atoms with E-state index in [0.29, 0.717) is 18.7 Å². The number of likely N-dealkylation sites (tertiary alicyclic amines) is 1. The van der Waals surface area contributed by atoms with Gasteiger partial charge >= 0.3 is 0 Å². The highest BCUT2D eigenvalue weighted by Gasteiger charge is 2.30. The number of hydrogen-bond donors (Lipinski definition) is 1. The Bertz CT molecular complexity index is 1390. The highest BCUT2D eigenvalue weighted by molar-refractivity contribution is 7.92. The highest BCUT2D eigenvalue weighted by atomic mass is 32.2. The summed E-state index contributed by atoms with van der Waals surface area (Å²) in [6.07, 6.45) is 1.45. The van der Waals surface area contributed by atoms with Crippen LogP contribution in [-0.4, -0.2) is 52.4 Å². The van der Waals surface area contributed by atoms with E-state index >= 15 is 0 Å². The Morgan fingerprint density at radius 3 is 2.42 bits per heavy atom. The van der Waals surface area contributed by atoms with E-state index in [2.05, 4.69) is 5.32 Å². The Hall–Kier alpha value is -4.05. The van der Waals surface area contributed by atoms with Crippen LogP contribution in [0, 0.1) is 0 Å². The van der Waals surface area contributed by atoms with Gasteiger partial charge in [0.15, 0.2) is 0 Å². The lowest BCUT2D eigenvalue weighted by atomic mass is 10.1. The third-order valence-electron chi connectivity index (χ3n) is 6.30. The van der Waals surface area contributed by atoms with Crippen LogP contribution in [0.25, 0.3) is 0 Å². The van der Waals surface area contributed by atoms with Crippen LogP contribution >= 0.6 is 0 Å². The van der Waals surface area contributed by atoms with E-state index < -0.39 is 22.5 Å². The second kappa shape index (κ2) is 12.0. The van der Waals surface area contributed by atoms with Crippen LogP contribution in [0.1, 0.15) is 24.0 Å². The molecule has 4 rings (SSSR count). The number of sulfonamides is 1. The van der Waals surface area contributed by atoms with E-state index in [4.69, 9.17) is 9.47 Å². The number of rotatable bonds is 11. The van der Waals surface area contributed by atoms with Gasteiger partial charge < -0.3 is 19.7 Å². The first-order valence-electron chi connectivity index (χ1n) is 12.2. The van der Waals surface area contributed by atoms with Gasteiger partial charge in [-0.05, 0) is 41.8 Å². The maximum Gasteiger partial charge on any atom is 0.264 e. The summed E-state index contributed by atoms with van der Waals surface area (Å²) in [6, 6.07) is 20.3. The summed E-state index contributed by atoms with van der Waals surface area (Å²) >= 11 is 0. The van der Waals surface area contributed by atoms with Crippen molar-refractivity contribution in [1.29, 1.82) is 0 Å². The minimum atomic E-state index is -4.12. The molecular weight excluding hydrogens is 506 g/mol. The Morgan fingerprint density at radius 1 is 0.974 bits per heavy atom. The summed E-state index contributed by atoms with van der Waals surface area (Å²) in [5.74, 6) is 0.357. The maximum absolute atomic E-state index is 13.7. The van der Waals surface area contributed by atoms with E-state index in [0.717, 1.165) is 28.4 Å². The van der Waals surface area contributed by atoms with Crippen LogP contribution in [0.15, 0.2) is 77.7 Å². The van der Waals surface area contributed by atoms with Crippen molar-refractivity contribution in [2.75, 3.05) is 31.6 Å². The molecule has 0 radical (unpaired) electrons. The van der Waals surface area contributed by atoms with Crippen LogP contribution in [-0.2, 0) is 32.7 Å². The fraction of sp³-hybridized carbons (Fsp3) is 0.286. The molecule has 38 heavy (non-hydrogen) atoms. The van der Waals surface area contributed by atoms with E-state index in [1.165, 1.54) is 32.4 Å². The van der Waals surface area contributed by atoms with E-state index in [-0.39, 0.29) is 28.8 Å². The number of methoxy groups -OCH3 is 2. The maximum atomic E-state index is 13.7. The summed E-state index contributed by atoms with van der Waals surface area (Å²) < 4.78 is 39.1. The van der Waals surface area contributed by atoms with Crippen LogP contribution in [0.5, 0.6) is 11.5 Å². The molecule has 1 saturated heterocycles. The summed E-state index contributed by atoms with van der Waals surface area (Å²) in [5.41, 5.74) is 2.00. The fourth-order valence-electron chi connectivity index (χ4n) is 4.33. The minimum Gasteiger partial charge on any atom is -0.497 e. The number of ether oxygens (including phenoxy) is 2. The van der Waals surface area contributed by atoms with Gasteiger partial charge in [-0.1, -0.05) is 42.5 Å². The zero-order valence-electron chi connectivity index (χ0n) is 21.4. The first-order valence-corrected chi connectivity index (χ1v) is 13.7. The number of nitrogens with zero attached hydrogens (tertiary/aromatic N) is 2.